The molecule has 0 atom stereocenters. The minimum Gasteiger partial charge on any atom is -0.351 e. The third-order valence-corrected chi connectivity index (χ3v) is 0.494. The van der Waals surface area contributed by atoms with E-state index in [0.29, 0.717) is 6.41 Å². The highest BCUT2D eigenvalue weighted by molar-refractivity contribution is 7.94. The van der Waals surface area contributed by atoms with E-state index in [0.717, 1.165) is 10.1 Å². The van der Waals surface area contributed by atoms with Crippen LogP contribution in [0.25, 0.3) is 0 Å². The Labute approximate surface area is 71.3 Å². The topological polar surface area (TPSA) is 40.6 Å². The molecule has 0 aromatic rings. The lowest BCUT2D eigenvalue weighted by Crippen LogP contribution is -2.06. The minimum absolute atomic E-state index is 0.478. The van der Waals surface area contributed by atoms with Gasteiger partial charge >= 0.3 is 0 Å². The molecule has 0 aliphatic carbocycles. The fourth-order valence-electron chi connectivity index (χ4n) is 0. The first kappa shape index (κ1) is 12.3. The summed E-state index contributed by atoms with van der Waals surface area (Å²) in [6.45, 7) is 0. The SMILES string of the molecule is CN(C)C=O.O=CN(S)S. The Hall–Kier alpha value is -0.360. The van der Waals surface area contributed by atoms with E-state index in [1.54, 1.807) is 14.1 Å². The van der Waals surface area contributed by atoms with Crippen LogP contribution in [0.4, 0.5) is 0 Å². The third kappa shape index (κ3) is 25.4. The highest BCUT2D eigenvalue weighted by Gasteiger charge is 1.71. The Bertz CT molecular complexity index is 85.3. The van der Waals surface area contributed by atoms with Crippen LogP contribution >= 0.6 is 25.6 Å². The van der Waals surface area contributed by atoms with Crippen LogP contribution in [0.5, 0.6) is 0 Å². The van der Waals surface area contributed by atoms with Gasteiger partial charge in [-0.25, -0.2) is 3.71 Å². The molecular formula is C4H10N2O2S2. The largest absolute Gasteiger partial charge is 0.351 e. The number of amides is 2. The highest BCUT2D eigenvalue weighted by atomic mass is 32.2. The Balaban J connectivity index is 0. The van der Waals surface area contributed by atoms with Crippen LogP contribution in [0.3, 0.4) is 0 Å². The molecule has 0 heterocycles. The average Bonchev–Trinajstić information content (AvgIpc) is 1.89. The third-order valence-electron chi connectivity index (χ3n) is 0.305. The van der Waals surface area contributed by atoms with E-state index >= 15 is 0 Å². The summed E-state index contributed by atoms with van der Waals surface area (Å²) in [6.07, 6.45) is 1.23. The van der Waals surface area contributed by atoms with E-state index in [1.807, 2.05) is 0 Å². The molecule has 10 heavy (non-hydrogen) atoms. The van der Waals surface area contributed by atoms with Crippen LogP contribution in [0.15, 0.2) is 0 Å². The molecule has 0 fully saturated rings. The van der Waals surface area contributed by atoms with Gasteiger partial charge in [0.25, 0.3) is 0 Å². The maximum absolute atomic E-state index is 9.43. The van der Waals surface area contributed by atoms with Crippen molar-refractivity contribution in [3.05, 3.63) is 0 Å². The zero-order valence-corrected chi connectivity index (χ0v) is 7.55. The molecule has 0 saturated heterocycles. The first-order chi connectivity index (χ1) is 4.54. The number of hydrogen-bond donors (Lipinski definition) is 2. The van der Waals surface area contributed by atoms with Gasteiger partial charge < -0.3 is 4.90 Å². The van der Waals surface area contributed by atoms with Gasteiger partial charge in [-0.05, 0) is 0 Å². The molecule has 0 aromatic heterocycles. The van der Waals surface area contributed by atoms with E-state index in [1.165, 1.54) is 4.90 Å². The predicted molar refractivity (Wildman–Crippen MR) is 45.6 cm³/mol. The number of nitrogens with zero attached hydrogens (tertiary/aromatic N) is 2. The summed E-state index contributed by atoms with van der Waals surface area (Å²) in [5.41, 5.74) is 0. The lowest BCUT2D eigenvalue weighted by atomic mass is 11.0. The number of thiol groups is 2. The van der Waals surface area contributed by atoms with Crippen LogP contribution in [0.2, 0.25) is 0 Å². The zero-order chi connectivity index (χ0) is 8.57. The van der Waals surface area contributed by atoms with Gasteiger partial charge in [-0.15, -0.1) is 0 Å². The fraction of sp³-hybridized carbons (Fsp3) is 0.500. The maximum atomic E-state index is 9.43. The van der Waals surface area contributed by atoms with Gasteiger partial charge in [-0.3, -0.25) is 9.59 Å². The van der Waals surface area contributed by atoms with E-state index < -0.39 is 0 Å². The summed E-state index contributed by atoms with van der Waals surface area (Å²) in [5.74, 6) is 0. The second-order valence-corrected chi connectivity index (χ2v) is 2.67. The van der Waals surface area contributed by atoms with Crippen LogP contribution in [0, 0.1) is 0 Å². The lowest BCUT2D eigenvalue weighted by molar-refractivity contribution is -0.116. The summed E-state index contributed by atoms with van der Waals surface area (Å²) in [7, 11) is 3.38. The molecule has 0 radical (unpaired) electrons. The molecule has 0 N–H and O–H groups in total. The van der Waals surface area contributed by atoms with Gasteiger partial charge in [0.15, 0.2) is 0 Å². The summed E-state index contributed by atoms with van der Waals surface area (Å²) < 4.78 is 0.833. The summed E-state index contributed by atoms with van der Waals surface area (Å²) in [4.78, 5) is 20.2. The normalized spacial score (nSPS) is 6.80. The molecule has 0 rings (SSSR count). The molecule has 6 heteroatoms. The van der Waals surface area contributed by atoms with Crippen molar-refractivity contribution >= 4 is 38.4 Å². The smallest absolute Gasteiger partial charge is 0.229 e. The Kier molecular flexibility index (Phi) is 10.7. The van der Waals surface area contributed by atoms with Crippen molar-refractivity contribution in [3.8, 4) is 0 Å². The van der Waals surface area contributed by atoms with Gasteiger partial charge in [0.2, 0.25) is 12.8 Å². The molecule has 0 bridgehead atoms. The highest BCUT2D eigenvalue weighted by Crippen LogP contribution is 1.86. The Morgan fingerprint density at radius 3 is 1.30 bits per heavy atom. The minimum atomic E-state index is 0.478. The average molecular weight is 182 g/mol. The summed E-state index contributed by atoms with van der Waals surface area (Å²) in [5, 5.41) is 0. The van der Waals surface area contributed by atoms with Crippen LogP contribution in [-0.4, -0.2) is 35.5 Å². The Morgan fingerprint density at radius 1 is 1.10 bits per heavy atom. The summed E-state index contributed by atoms with van der Waals surface area (Å²) >= 11 is 6.85. The standard InChI is InChI=1S/C3H7NO.CH3NOS2/c1-4(2)3-5;3-1-2(4)5/h3H,1-2H3;1,4-5H. The number of hydrogen-bond acceptors (Lipinski definition) is 4. The predicted octanol–water partition coefficient (Wildman–Crippen LogP) is -0.161. The van der Waals surface area contributed by atoms with Gasteiger partial charge in [-0.1, -0.05) is 25.6 Å². The van der Waals surface area contributed by atoms with Crippen molar-refractivity contribution in [1.29, 1.82) is 0 Å². The van der Waals surface area contributed by atoms with E-state index in [9.17, 15) is 9.59 Å². The second-order valence-electron chi connectivity index (χ2n) is 1.49. The molecule has 0 aliphatic rings. The van der Waals surface area contributed by atoms with Crippen molar-refractivity contribution in [3.63, 3.8) is 0 Å². The van der Waals surface area contributed by atoms with Gasteiger partial charge in [0.05, 0.1) is 0 Å². The fourth-order valence-corrected chi connectivity index (χ4v) is 0. The lowest BCUT2D eigenvalue weighted by Gasteiger charge is -1.93. The molecule has 0 saturated carbocycles. The number of carbonyl (C=O) groups excluding carboxylic acids is 2. The molecule has 0 spiro atoms. The van der Waals surface area contributed by atoms with Gasteiger partial charge in [0.1, 0.15) is 0 Å². The monoisotopic (exact) mass is 182 g/mol. The van der Waals surface area contributed by atoms with Gasteiger partial charge in [0, 0.05) is 14.1 Å². The molecule has 0 aromatic carbocycles. The molecule has 60 valence electrons. The zero-order valence-electron chi connectivity index (χ0n) is 5.76. The molecule has 4 nitrogen and oxygen atoms in total. The van der Waals surface area contributed by atoms with Gasteiger partial charge in [-0.2, -0.15) is 0 Å². The van der Waals surface area contributed by atoms with Crippen LogP contribution < -0.4 is 0 Å². The van der Waals surface area contributed by atoms with E-state index in [4.69, 9.17) is 0 Å². The molecular weight excluding hydrogens is 172 g/mol. The summed E-state index contributed by atoms with van der Waals surface area (Å²) in [6, 6.07) is 0. The van der Waals surface area contributed by atoms with Crippen LogP contribution in [0.1, 0.15) is 0 Å². The molecule has 0 aliphatic heterocycles. The van der Waals surface area contributed by atoms with Crippen LogP contribution in [-0.2, 0) is 9.59 Å². The maximum Gasteiger partial charge on any atom is 0.229 e. The van der Waals surface area contributed by atoms with Crippen molar-refractivity contribution in [2.24, 2.45) is 0 Å². The van der Waals surface area contributed by atoms with E-state index in [2.05, 4.69) is 25.6 Å². The Morgan fingerprint density at radius 2 is 1.30 bits per heavy atom. The van der Waals surface area contributed by atoms with Crippen molar-refractivity contribution < 1.29 is 9.59 Å². The first-order valence-electron chi connectivity index (χ1n) is 2.28. The van der Waals surface area contributed by atoms with Crippen molar-refractivity contribution in [2.45, 2.75) is 0 Å². The number of rotatable bonds is 2. The molecule has 2 amide bonds. The van der Waals surface area contributed by atoms with Crippen molar-refractivity contribution in [1.82, 2.24) is 8.61 Å². The first-order valence-corrected chi connectivity index (χ1v) is 3.08. The quantitative estimate of drug-likeness (QED) is 0.460. The van der Waals surface area contributed by atoms with Crippen molar-refractivity contribution in [2.75, 3.05) is 14.1 Å². The van der Waals surface area contributed by atoms with E-state index in [-0.39, 0.29) is 0 Å². The molecule has 0 unspecified atom stereocenters. The number of carbonyl (C=O) groups is 2. The second kappa shape index (κ2) is 8.64.